The van der Waals surface area contributed by atoms with Gasteiger partial charge >= 0.3 is 0 Å². The summed E-state index contributed by atoms with van der Waals surface area (Å²) in [5.41, 5.74) is 2.21. The van der Waals surface area contributed by atoms with Crippen molar-refractivity contribution in [2.75, 3.05) is 19.6 Å². The molecule has 1 aromatic rings. The second-order valence-electron chi connectivity index (χ2n) is 5.22. The average molecular weight is 248 g/mol. The van der Waals surface area contributed by atoms with Crippen LogP contribution in [0, 0.1) is 6.92 Å². The minimum absolute atomic E-state index is 0.402. The van der Waals surface area contributed by atoms with E-state index < -0.39 is 0 Å². The van der Waals surface area contributed by atoms with Crippen molar-refractivity contribution in [2.45, 2.75) is 39.3 Å². The van der Waals surface area contributed by atoms with Gasteiger partial charge in [0.25, 0.3) is 0 Å². The van der Waals surface area contributed by atoms with E-state index in [0.29, 0.717) is 11.8 Å². The van der Waals surface area contributed by atoms with Crippen molar-refractivity contribution < 1.29 is 5.11 Å². The molecule has 0 aromatic heterocycles. The van der Waals surface area contributed by atoms with Gasteiger partial charge in [0.1, 0.15) is 5.75 Å². The summed E-state index contributed by atoms with van der Waals surface area (Å²) in [6.45, 7) is 8.58. The Morgan fingerprint density at radius 3 is 2.72 bits per heavy atom. The first-order chi connectivity index (χ1) is 8.69. The lowest BCUT2D eigenvalue weighted by Crippen LogP contribution is -2.42. The summed E-state index contributed by atoms with van der Waals surface area (Å²) in [5.74, 6) is 0.402. The van der Waals surface area contributed by atoms with Gasteiger partial charge in [-0.3, -0.25) is 0 Å². The van der Waals surface area contributed by atoms with E-state index in [1.807, 2.05) is 6.07 Å². The quantitative estimate of drug-likeness (QED) is 0.858. The van der Waals surface area contributed by atoms with Crippen LogP contribution in [0.2, 0.25) is 0 Å². The fourth-order valence-electron chi connectivity index (χ4n) is 2.56. The third-order valence-electron chi connectivity index (χ3n) is 3.85. The van der Waals surface area contributed by atoms with Gasteiger partial charge in [0.15, 0.2) is 0 Å². The summed E-state index contributed by atoms with van der Waals surface area (Å²) < 4.78 is 0. The van der Waals surface area contributed by atoms with Crippen LogP contribution in [-0.2, 0) is 6.54 Å². The lowest BCUT2D eigenvalue weighted by atomic mass is 10.0. The van der Waals surface area contributed by atoms with E-state index in [1.165, 1.54) is 31.5 Å². The molecule has 1 saturated heterocycles. The molecule has 1 aliphatic heterocycles. The first kappa shape index (κ1) is 13.4. The average Bonchev–Trinajstić information content (AvgIpc) is 2.40. The van der Waals surface area contributed by atoms with Crippen molar-refractivity contribution in [2.24, 2.45) is 0 Å². The normalized spacial score (nSPS) is 18.1. The van der Waals surface area contributed by atoms with Crippen molar-refractivity contribution in [3.8, 4) is 5.75 Å². The molecule has 0 atom stereocenters. The van der Waals surface area contributed by atoms with Crippen LogP contribution >= 0.6 is 0 Å². The van der Waals surface area contributed by atoms with Crippen molar-refractivity contribution >= 4 is 0 Å². The van der Waals surface area contributed by atoms with Gasteiger partial charge in [-0.05, 0) is 45.5 Å². The molecule has 3 nitrogen and oxygen atoms in total. The molecule has 2 rings (SSSR count). The highest BCUT2D eigenvalue weighted by Crippen LogP contribution is 2.19. The Labute approximate surface area is 110 Å². The van der Waals surface area contributed by atoms with Gasteiger partial charge in [0.05, 0.1) is 0 Å². The van der Waals surface area contributed by atoms with E-state index in [2.05, 4.69) is 30.1 Å². The molecule has 3 heteroatoms. The predicted molar refractivity (Wildman–Crippen MR) is 74.8 cm³/mol. The molecule has 2 N–H and O–H groups in total. The van der Waals surface area contributed by atoms with Crippen LogP contribution in [0.1, 0.15) is 30.9 Å². The molecular weight excluding hydrogens is 224 g/mol. The van der Waals surface area contributed by atoms with Gasteiger partial charge < -0.3 is 15.3 Å². The number of phenols is 1. The van der Waals surface area contributed by atoms with Crippen LogP contribution in [0.3, 0.4) is 0 Å². The number of rotatable bonds is 4. The zero-order valence-corrected chi connectivity index (χ0v) is 11.4. The second kappa shape index (κ2) is 6.21. The maximum atomic E-state index is 9.80. The molecule has 1 heterocycles. The van der Waals surface area contributed by atoms with E-state index in [-0.39, 0.29) is 0 Å². The third-order valence-corrected chi connectivity index (χ3v) is 3.85. The lowest BCUT2D eigenvalue weighted by Gasteiger charge is -2.31. The number of piperidine rings is 1. The van der Waals surface area contributed by atoms with Crippen LogP contribution in [-0.4, -0.2) is 35.7 Å². The maximum absolute atomic E-state index is 9.80. The number of hydrogen-bond acceptors (Lipinski definition) is 3. The fourth-order valence-corrected chi connectivity index (χ4v) is 2.56. The Morgan fingerprint density at radius 2 is 2.06 bits per heavy atom. The minimum atomic E-state index is 0.402. The number of hydrogen-bond donors (Lipinski definition) is 2. The molecule has 0 aliphatic carbocycles. The van der Waals surface area contributed by atoms with E-state index in [1.54, 1.807) is 6.07 Å². The molecule has 0 radical (unpaired) electrons. The largest absolute Gasteiger partial charge is 0.508 e. The van der Waals surface area contributed by atoms with E-state index in [4.69, 9.17) is 0 Å². The highest BCUT2D eigenvalue weighted by Gasteiger charge is 2.17. The van der Waals surface area contributed by atoms with Gasteiger partial charge in [-0.2, -0.15) is 0 Å². The highest BCUT2D eigenvalue weighted by atomic mass is 16.3. The zero-order chi connectivity index (χ0) is 13.0. The van der Waals surface area contributed by atoms with E-state index in [0.717, 1.165) is 18.7 Å². The molecule has 0 bridgehead atoms. The number of phenolic OH excluding ortho intramolecular Hbond substituents is 1. The monoisotopic (exact) mass is 248 g/mol. The topological polar surface area (TPSA) is 35.5 Å². The Bertz CT molecular complexity index is 384. The van der Waals surface area contributed by atoms with Crippen LogP contribution in [0.4, 0.5) is 0 Å². The predicted octanol–water partition coefficient (Wildman–Crippen LogP) is 2.27. The fraction of sp³-hybridized carbons (Fsp3) is 0.600. The summed E-state index contributed by atoms with van der Waals surface area (Å²) in [5, 5.41) is 13.4. The Balaban J connectivity index is 1.83. The number of aryl methyl sites for hydroxylation is 1. The Morgan fingerprint density at radius 1 is 1.33 bits per heavy atom. The molecule has 0 unspecified atom stereocenters. The van der Waals surface area contributed by atoms with Gasteiger partial charge in [0, 0.05) is 18.2 Å². The summed E-state index contributed by atoms with van der Waals surface area (Å²) in [4.78, 5) is 2.49. The minimum Gasteiger partial charge on any atom is -0.508 e. The molecule has 0 amide bonds. The first-order valence-electron chi connectivity index (χ1n) is 6.93. The number of nitrogens with zero attached hydrogens (tertiary/aromatic N) is 1. The van der Waals surface area contributed by atoms with Crippen LogP contribution in [0.5, 0.6) is 5.75 Å². The SMILES string of the molecule is CCN1CCC(NCc2cc(C)ccc2O)CC1. The summed E-state index contributed by atoms with van der Waals surface area (Å²) >= 11 is 0. The summed E-state index contributed by atoms with van der Waals surface area (Å²) in [6.07, 6.45) is 2.42. The van der Waals surface area contributed by atoms with Crippen molar-refractivity contribution in [1.82, 2.24) is 10.2 Å². The number of nitrogens with one attached hydrogen (secondary N) is 1. The molecule has 0 spiro atoms. The van der Waals surface area contributed by atoms with Crippen molar-refractivity contribution in [3.63, 3.8) is 0 Å². The molecule has 1 fully saturated rings. The van der Waals surface area contributed by atoms with E-state index in [9.17, 15) is 5.11 Å². The number of likely N-dealkylation sites (tertiary alicyclic amines) is 1. The zero-order valence-electron chi connectivity index (χ0n) is 11.4. The van der Waals surface area contributed by atoms with Gasteiger partial charge in [-0.15, -0.1) is 0 Å². The number of benzene rings is 1. The molecule has 1 aromatic carbocycles. The Kier molecular flexibility index (Phi) is 4.61. The van der Waals surface area contributed by atoms with Crippen molar-refractivity contribution in [1.29, 1.82) is 0 Å². The second-order valence-corrected chi connectivity index (χ2v) is 5.22. The molecule has 18 heavy (non-hydrogen) atoms. The number of aromatic hydroxyl groups is 1. The first-order valence-corrected chi connectivity index (χ1v) is 6.93. The van der Waals surface area contributed by atoms with Gasteiger partial charge in [0.2, 0.25) is 0 Å². The molecule has 0 saturated carbocycles. The molecule has 100 valence electrons. The standard InChI is InChI=1S/C15H24N2O/c1-3-17-8-6-14(7-9-17)16-11-13-10-12(2)4-5-15(13)18/h4-5,10,14,16,18H,3,6-9,11H2,1-2H3. The van der Waals surface area contributed by atoms with Crippen LogP contribution in [0.15, 0.2) is 18.2 Å². The highest BCUT2D eigenvalue weighted by molar-refractivity contribution is 5.35. The molecule has 1 aliphatic rings. The Hall–Kier alpha value is -1.06. The molecular formula is C15H24N2O. The third kappa shape index (κ3) is 3.47. The van der Waals surface area contributed by atoms with Crippen molar-refractivity contribution in [3.05, 3.63) is 29.3 Å². The van der Waals surface area contributed by atoms with Gasteiger partial charge in [-0.25, -0.2) is 0 Å². The van der Waals surface area contributed by atoms with E-state index >= 15 is 0 Å². The summed E-state index contributed by atoms with van der Waals surface area (Å²) in [6, 6.07) is 6.38. The summed E-state index contributed by atoms with van der Waals surface area (Å²) in [7, 11) is 0. The van der Waals surface area contributed by atoms with Crippen LogP contribution < -0.4 is 5.32 Å². The van der Waals surface area contributed by atoms with Crippen LogP contribution in [0.25, 0.3) is 0 Å². The lowest BCUT2D eigenvalue weighted by molar-refractivity contribution is 0.205. The maximum Gasteiger partial charge on any atom is 0.120 e. The smallest absolute Gasteiger partial charge is 0.120 e. The van der Waals surface area contributed by atoms with Gasteiger partial charge in [-0.1, -0.05) is 24.6 Å².